The van der Waals surface area contributed by atoms with E-state index >= 15 is 0 Å². The molecule has 15 heavy (non-hydrogen) atoms. The van der Waals surface area contributed by atoms with Gasteiger partial charge in [-0.05, 0) is 30.8 Å². The quantitative estimate of drug-likeness (QED) is 0.610. The van der Waals surface area contributed by atoms with E-state index in [4.69, 9.17) is 11.0 Å². The van der Waals surface area contributed by atoms with Crippen LogP contribution in [0.2, 0.25) is 0 Å². The molecule has 0 radical (unpaired) electrons. The molecule has 0 aliphatic rings. The molecule has 0 spiro atoms. The highest BCUT2D eigenvalue weighted by atomic mass is 32.2. The van der Waals surface area contributed by atoms with Crippen molar-refractivity contribution in [3.8, 4) is 6.07 Å². The minimum atomic E-state index is -0.651. The molecule has 0 saturated carbocycles. The third-order valence-electron chi connectivity index (χ3n) is 2.19. The van der Waals surface area contributed by atoms with Crippen molar-refractivity contribution in [2.24, 2.45) is 5.73 Å². The first-order chi connectivity index (χ1) is 7.20. The summed E-state index contributed by atoms with van der Waals surface area (Å²) in [7, 11) is 0. The summed E-state index contributed by atoms with van der Waals surface area (Å²) in [6.07, 6.45) is 3.93. The smallest absolute Gasteiger partial charge is 0.169 e. The maximum absolute atomic E-state index is 8.87. The number of thioether (sulfide) groups is 1. The first-order valence-corrected chi connectivity index (χ1v) is 6.55. The van der Waals surface area contributed by atoms with Crippen molar-refractivity contribution >= 4 is 23.3 Å². The van der Waals surface area contributed by atoms with Gasteiger partial charge in [0.1, 0.15) is 11.9 Å². The Balaban J connectivity index is 2.20. The molecule has 1 rings (SSSR count). The molecular formula is C9H14N4S2. The largest absolute Gasteiger partial charge is 0.313 e. The second kappa shape index (κ2) is 6.05. The molecule has 0 aromatic carbocycles. The van der Waals surface area contributed by atoms with Crippen LogP contribution >= 0.6 is 23.3 Å². The number of rotatable bonds is 6. The molecule has 1 unspecified atom stereocenters. The van der Waals surface area contributed by atoms with Crippen LogP contribution in [0.25, 0.3) is 0 Å². The van der Waals surface area contributed by atoms with Gasteiger partial charge in [0.2, 0.25) is 0 Å². The number of nitriles is 1. The van der Waals surface area contributed by atoms with Crippen molar-refractivity contribution in [2.75, 3.05) is 5.75 Å². The van der Waals surface area contributed by atoms with Crippen LogP contribution < -0.4 is 5.73 Å². The average Bonchev–Trinajstić information content (AvgIpc) is 2.77. The van der Waals surface area contributed by atoms with Crippen LogP contribution in [0.1, 0.15) is 26.2 Å². The lowest BCUT2D eigenvalue weighted by molar-refractivity contribution is 0.478. The lowest BCUT2D eigenvalue weighted by Crippen LogP contribution is -2.37. The summed E-state index contributed by atoms with van der Waals surface area (Å²) in [5.74, 6) is 0.940. The standard InChI is InChI=1S/C9H14N4S2/c1-2-9(11,6-10)4-3-5-14-8-12-7-13-15-8/h7H,2-5,11H2,1H3. The second-order valence-corrected chi connectivity index (χ2v) is 5.40. The number of hydrogen-bond donors (Lipinski definition) is 1. The van der Waals surface area contributed by atoms with Gasteiger partial charge in [0.05, 0.1) is 6.07 Å². The van der Waals surface area contributed by atoms with E-state index in [0.29, 0.717) is 6.42 Å². The Bertz CT molecular complexity index is 319. The summed E-state index contributed by atoms with van der Waals surface area (Å²) in [5, 5.41) is 8.87. The Morgan fingerprint density at radius 2 is 2.53 bits per heavy atom. The van der Waals surface area contributed by atoms with Gasteiger partial charge in [-0.3, -0.25) is 0 Å². The first-order valence-electron chi connectivity index (χ1n) is 4.80. The van der Waals surface area contributed by atoms with Gasteiger partial charge in [-0.1, -0.05) is 18.7 Å². The Kier molecular flexibility index (Phi) is 5.02. The molecule has 0 aliphatic heterocycles. The molecule has 2 N–H and O–H groups in total. The van der Waals surface area contributed by atoms with E-state index < -0.39 is 5.54 Å². The lowest BCUT2D eigenvalue weighted by Gasteiger charge is -2.18. The third kappa shape index (κ3) is 4.16. The van der Waals surface area contributed by atoms with Crippen molar-refractivity contribution in [1.82, 2.24) is 9.36 Å². The molecule has 1 atom stereocenters. The maximum atomic E-state index is 8.87. The van der Waals surface area contributed by atoms with Crippen LogP contribution in [-0.2, 0) is 0 Å². The highest BCUT2D eigenvalue weighted by Gasteiger charge is 2.20. The average molecular weight is 242 g/mol. The van der Waals surface area contributed by atoms with Gasteiger partial charge >= 0.3 is 0 Å². The molecule has 0 saturated heterocycles. The summed E-state index contributed by atoms with van der Waals surface area (Å²) in [6.45, 7) is 1.95. The summed E-state index contributed by atoms with van der Waals surface area (Å²) in [4.78, 5) is 4.06. The van der Waals surface area contributed by atoms with Crippen molar-refractivity contribution in [3.05, 3.63) is 6.33 Å². The van der Waals surface area contributed by atoms with Crippen LogP contribution in [0.15, 0.2) is 10.7 Å². The second-order valence-electron chi connectivity index (χ2n) is 3.28. The highest BCUT2D eigenvalue weighted by Crippen LogP contribution is 2.21. The highest BCUT2D eigenvalue weighted by molar-refractivity contribution is 8.00. The van der Waals surface area contributed by atoms with E-state index in [0.717, 1.165) is 22.9 Å². The van der Waals surface area contributed by atoms with E-state index in [1.54, 1.807) is 18.1 Å². The van der Waals surface area contributed by atoms with Gasteiger partial charge in [0, 0.05) is 5.75 Å². The SMILES string of the molecule is CCC(N)(C#N)CCCSc1ncns1. The van der Waals surface area contributed by atoms with E-state index in [9.17, 15) is 0 Å². The molecule has 0 amide bonds. The Morgan fingerprint density at radius 1 is 1.73 bits per heavy atom. The molecule has 0 bridgehead atoms. The molecular weight excluding hydrogens is 228 g/mol. The van der Waals surface area contributed by atoms with Crippen LogP contribution in [0.3, 0.4) is 0 Å². The molecule has 82 valence electrons. The van der Waals surface area contributed by atoms with Crippen LogP contribution in [0.5, 0.6) is 0 Å². The van der Waals surface area contributed by atoms with E-state index in [-0.39, 0.29) is 0 Å². The zero-order valence-corrected chi connectivity index (χ0v) is 10.3. The molecule has 4 nitrogen and oxygen atoms in total. The Morgan fingerprint density at radius 3 is 3.07 bits per heavy atom. The van der Waals surface area contributed by atoms with Gasteiger partial charge < -0.3 is 5.73 Å². The number of nitrogens with zero attached hydrogens (tertiary/aromatic N) is 3. The lowest BCUT2D eigenvalue weighted by atomic mass is 9.94. The zero-order chi connectivity index (χ0) is 11.1. The predicted octanol–water partition coefficient (Wildman–Crippen LogP) is 2.04. The van der Waals surface area contributed by atoms with E-state index in [1.165, 1.54) is 11.5 Å². The molecule has 0 aliphatic carbocycles. The van der Waals surface area contributed by atoms with Crippen LogP contribution in [-0.4, -0.2) is 20.6 Å². The van der Waals surface area contributed by atoms with Gasteiger partial charge in [0.25, 0.3) is 0 Å². The zero-order valence-electron chi connectivity index (χ0n) is 8.64. The number of aromatic nitrogens is 2. The van der Waals surface area contributed by atoms with Crippen molar-refractivity contribution in [1.29, 1.82) is 5.26 Å². The summed E-state index contributed by atoms with van der Waals surface area (Å²) in [5.41, 5.74) is 5.21. The van der Waals surface area contributed by atoms with Gasteiger partial charge in [-0.2, -0.15) is 9.64 Å². The van der Waals surface area contributed by atoms with Crippen LogP contribution in [0.4, 0.5) is 0 Å². The fourth-order valence-electron chi connectivity index (χ4n) is 1.09. The molecule has 1 aromatic rings. The van der Waals surface area contributed by atoms with Crippen molar-refractivity contribution < 1.29 is 0 Å². The van der Waals surface area contributed by atoms with Gasteiger partial charge in [-0.25, -0.2) is 4.98 Å². The predicted molar refractivity (Wildman–Crippen MR) is 62.7 cm³/mol. The maximum Gasteiger partial charge on any atom is 0.169 e. The minimum absolute atomic E-state index is 0.651. The fraction of sp³-hybridized carbons (Fsp3) is 0.667. The number of hydrogen-bond acceptors (Lipinski definition) is 6. The van der Waals surface area contributed by atoms with Crippen molar-refractivity contribution in [2.45, 2.75) is 36.1 Å². The van der Waals surface area contributed by atoms with Crippen LogP contribution in [0, 0.1) is 11.3 Å². The Hall–Kier alpha value is -0.640. The van der Waals surface area contributed by atoms with E-state index in [2.05, 4.69) is 15.4 Å². The number of nitrogens with two attached hydrogens (primary N) is 1. The monoisotopic (exact) mass is 242 g/mol. The topological polar surface area (TPSA) is 75.6 Å². The summed E-state index contributed by atoms with van der Waals surface area (Å²) >= 11 is 3.07. The van der Waals surface area contributed by atoms with E-state index in [1.807, 2.05) is 6.92 Å². The molecule has 0 fully saturated rings. The van der Waals surface area contributed by atoms with Crippen molar-refractivity contribution in [3.63, 3.8) is 0 Å². The summed E-state index contributed by atoms with van der Waals surface area (Å²) < 4.78 is 4.89. The minimum Gasteiger partial charge on any atom is -0.313 e. The molecule has 1 heterocycles. The normalized spacial score (nSPS) is 14.5. The third-order valence-corrected chi connectivity index (χ3v) is 4.07. The molecule has 6 heteroatoms. The molecule has 1 aromatic heterocycles. The van der Waals surface area contributed by atoms with Gasteiger partial charge in [-0.15, -0.1) is 0 Å². The fourth-order valence-corrected chi connectivity index (χ4v) is 2.54. The first kappa shape index (κ1) is 12.4. The summed E-state index contributed by atoms with van der Waals surface area (Å²) in [6, 6.07) is 2.16. The Labute approximate surface area is 98.1 Å². The van der Waals surface area contributed by atoms with Gasteiger partial charge in [0.15, 0.2) is 4.34 Å².